The average molecular weight is 468 g/mol. The molecule has 0 radical (unpaired) electrons. The summed E-state index contributed by atoms with van der Waals surface area (Å²) in [6.45, 7) is 10.4. The number of hydrogen-bond acceptors (Lipinski definition) is 2. The van der Waals surface area contributed by atoms with E-state index in [1.165, 1.54) is 34.4 Å². The molecule has 1 atom stereocenters. The summed E-state index contributed by atoms with van der Waals surface area (Å²) in [6.07, 6.45) is 10.1. The summed E-state index contributed by atoms with van der Waals surface area (Å²) < 4.78 is 6.01. The lowest BCUT2D eigenvalue weighted by molar-refractivity contribution is 0.222. The zero-order valence-electron chi connectivity index (χ0n) is 19.0. The summed E-state index contributed by atoms with van der Waals surface area (Å²) in [5, 5.41) is 0. The van der Waals surface area contributed by atoms with Crippen LogP contribution in [0, 0.1) is 0 Å². The highest BCUT2D eigenvalue weighted by molar-refractivity contribution is 9.09. The molecule has 160 valence electrons. The average Bonchev–Trinajstić information content (AvgIpc) is 2.73. The van der Waals surface area contributed by atoms with E-state index in [0.717, 1.165) is 43.5 Å². The molecule has 0 aromatic heterocycles. The van der Waals surface area contributed by atoms with Gasteiger partial charge in [0.05, 0.1) is 0 Å². The maximum atomic E-state index is 6.63. The molecule has 4 rings (SSSR count). The Morgan fingerprint density at radius 3 is 2.70 bits per heavy atom. The van der Waals surface area contributed by atoms with Crippen molar-refractivity contribution >= 4 is 27.7 Å². The first-order chi connectivity index (χ1) is 14.3. The fourth-order valence-electron chi connectivity index (χ4n) is 4.80. The standard InChI is InChI=1S/C27H34BrNO/c1-6-9-21-22-15-16-27(28,30-25(22)14-12-23(21)26(3,4)7-2)20-11-13-24-19(18-20)10-8-17-29(24)5/h11-16,18H,6-10,17H2,1-5H3/t27-/m0/s1. The van der Waals surface area contributed by atoms with Crippen LogP contribution in [0.15, 0.2) is 36.4 Å². The van der Waals surface area contributed by atoms with Crippen LogP contribution in [0.5, 0.6) is 5.75 Å². The molecule has 2 aliphatic heterocycles. The predicted molar refractivity (Wildman–Crippen MR) is 132 cm³/mol. The number of aryl methyl sites for hydroxylation is 1. The Bertz CT molecular complexity index is 977. The lowest BCUT2D eigenvalue weighted by Crippen LogP contribution is -2.29. The highest BCUT2D eigenvalue weighted by atomic mass is 79.9. The maximum absolute atomic E-state index is 6.63. The van der Waals surface area contributed by atoms with E-state index in [-0.39, 0.29) is 5.41 Å². The van der Waals surface area contributed by atoms with Gasteiger partial charge in [-0.25, -0.2) is 0 Å². The van der Waals surface area contributed by atoms with E-state index >= 15 is 0 Å². The third-order valence-corrected chi connectivity index (χ3v) is 7.86. The summed E-state index contributed by atoms with van der Waals surface area (Å²) in [7, 11) is 2.18. The molecule has 0 aliphatic carbocycles. The monoisotopic (exact) mass is 467 g/mol. The van der Waals surface area contributed by atoms with E-state index in [1.807, 2.05) is 0 Å². The number of hydrogen-bond donors (Lipinski definition) is 0. The van der Waals surface area contributed by atoms with Crippen molar-refractivity contribution in [3.8, 4) is 5.75 Å². The maximum Gasteiger partial charge on any atom is 0.207 e. The molecule has 0 fully saturated rings. The summed E-state index contributed by atoms with van der Waals surface area (Å²) >= 11 is 3.93. The molecule has 0 saturated heterocycles. The molecule has 2 nitrogen and oxygen atoms in total. The van der Waals surface area contributed by atoms with Crippen LogP contribution in [0.25, 0.3) is 6.08 Å². The molecule has 0 bridgehead atoms. The molecule has 2 heterocycles. The van der Waals surface area contributed by atoms with E-state index in [2.05, 4.69) is 98.1 Å². The van der Waals surface area contributed by atoms with Crippen molar-refractivity contribution in [2.45, 2.75) is 69.7 Å². The van der Waals surface area contributed by atoms with Crippen molar-refractivity contribution in [2.75, 3.05) is 18.5 Å². The number of halogens is 1. The number of rotatable bonds is 5. The fraction of sp³-hybridized carbons (Fsp3) is 0.481. The van der Waals surface area contributed by atoms with Crippen molar-refractivity contribution in [1.82, 2.24) is 0 Å². The molecule has 30 heavy (non-hydrogen) atoms. The topological polar surface area (TPSA) is 12.5 Å². The smallest absolute Gasteiger partial charge is 0.207 e. The van der Waals surface area contributed by atoms with E-state index in [9.17, 15) is 0 Å². The molecule has 0 amide bonds. The van der Waals surface area contributed by atoms with E-state index in [1.54, 1.807) is 0 Å². The first-order valence-corrected chi connectivity index (χ1v) is 12.2. The normalized spacial score (nSPS) is 20.5. The van der Waals surface area contributed by atoms with Crippen molar-refractivity contribution in [1.29, 1.82) is 0 Å². The van der Waals surface area contributed by atoms with Gasteiger partial charge in [-0.05, 0) is 94.1 Å². The molecular formula is C27H34BrNO. The van der Waals surface area contributed by atoms with Crippen LogP contribution in [0.1, 0.15) is 74.8 Å². The molecule has 0 spiro atoms. The van der Waals surface area contributed by atoms with Crippen molar-refractivity contribution in [3.05, 3.63) is 64.2 Å². The lowest BCUT2D eigenvalue weighted by Gasteiger charge is -2.35. The van der Waals surface area contributed by atoms with Crippen molar-refractivity contribution in [2.24, 2.45) is 0 Å². The molecule has 2 aromatic rings. The van der Waals surface area contributed by atoms with E-state index < -0.39 is 4.51 Å². The zero-order chi connectivity index (χ0) is 21.5. The van der Waals surface area contributed by atoms with Gasteiger partial charge in [-0.2, -0.15) is 0 Å². The minimum atomic E-state index is -0.615. The number of benzene rings is 2. The van der Waals surface area contributed by atoms with Gasteiger partial charge in [0.1, 0.15) is 5.75 Å². The first-order valence-electron chi connectivity index (χ1n) is 11.4. The van der Waals surface area contributed by atoms with Gasteiger partial charge in [0.2, 0.25) is 4.51 Å². The van der Waals surface area contributed by atoms with Gasteiger partial charge in [-0.1, -0.05) is 46.2 Å². The predicted octanol–water partition coefficient (Wildman–Crippen LogP) is 7.36. The van der Waals surface area contributed by atoms with Gasteiger partial charge in [0, 0.05) is 30.4 Å². The van der Waals surface area contributed by atoms with Crippen LogP contribution in [0.4, 0.5) is 5.69 Å². The number of anilines is 1. The molecule has 2 aliphatic rings. The van der Waals surface area contributed by atoms with Gasteiger partial charge in [0.15, 0.2) is 0 Å². The Hall–Kier alpha value is -1.74. The molecular weight excluding hydrogens is 434 g/mol. The minimum Gasteiger partial charge on any atom is -0.467 e. The second-order valence-electron chi connectivity index (χ2n) is 9.44. The Morgan fingerprint density at radius 2 is 1.97 bits per heavy atom. The number of alkyl halides is 1. The van der Waals surface area contributed by atoms with E-state index in [0.29, 0.717) is 0 Å². The van der Waals surface area contributed by atoms with Gasteiger partial charge in [-0.3, -0.25) is 0 Å². The highest BCUT2D eigenvalue weighted by Crippen LogP contribution is 2.46. The third-order valence-electron chi connectivity index (χ3n) is 6.98. The molecule has 0 N–H and O–H groups in total. The van der Waals surface area contributed by atoms with Gasteiger partial charge in [0.25, 0.3) is 0 Å². The molecule has 2 aromatic carbocycles. The largest absolute Gasteiger partial charge is 0.467 e. The Balaban J connectivity index is 1.74. The molecule has 3 heteroatoms. The van der Waals surface area contributed by atoms with E-state index in [4.69, 9.17) is 4.74 Å². The van der Waals surface area contributed by atoms with Crippen molar-refractivity contribution < 1.29 is 4.74 Å². The Morgan fingerprint density at radius 1 is 1.17 bits per heavy atom. The first kappa shape index (κ1) is 21.5. The second-order valence-corrected chi connectivity index (χ2v) is 10.6. The van der Waals surface area contributed by atoms with Crippen molar-refractivity contribution in [3.63, 3.8) is 0 Å². The van der Waals surface area contributed by atoms with Crippen LogP contribution in [-0.2, 0) is 22.8 Å². The van der Waals surface area contributed by atoms with Crippen LogP contribution in [-0.4, -0.2) is 13.6 Å². The minimum absolute atomic E-state index is 0.167. The van der Waals surface area contributed by atoms with Crippen LogP contribution in [0.3, 0.4) is 0 Å². The van der Waals surface area contributed by atoms with Gasteiger partial charge < -0.3 is 9.64 Å². The van der Waals surface area contributed by atoms with Crippen LogP contribution < -0.4 is 9.64 Å². The molecule has 0 saturated carbocycles. The Labute approximate surface area is 190 Å². The third kappa shape index (κ3) is 3.70. The second kappa shape index (κ2) is 8.07. The van der Waals surface area contributed by atoms with Gasteiger partial charge >= 0.3 is 0 Å². The van der Waals surface area contributed by atoms with Crippen LogP contribution in [0.2, 0.25) is 0 Å². The number of fused-ring (bicyclic) bond motifs is 2. The number of nitrogens with zero attached hydrogens (tertiary/aromatic N) is 1. The van der Waals surface area contributed by atoms with Crippen LogP contribution >= 0.6 is 15.9 Å². The SMILES string of the molecule is CCCc1c(C(C)(C)CC)ccc2c1C=C[C@@](Br)(c1ccc3c(c1)CCCN3C)O2. The quantitative estimate of drug-likeness (QED) is 0.425. The van der Waals surface area contributed by atoms with Gasteiger partial charge in [-0.15, -0.1) is 0 Å². The lowest BCUT2D eigenvalue weighted by atomic mass is 9.77. The summed E-state index contributed by atoms with van der Waals surface area (Å²) in [5.41, 5.74) is 8.24. The highest BCUT2D eigenvalue weighted by Gasteiger charge is 2.35. The number of ether oxygens (including phenoxy) is 1. The summed E-state index contributed by atoms with van der Waals surface area (Å²) in [6, 6.07) is 11.2. The molecule has 0 unspecified atom stereocenters. The Kier molecular flexibility index (Phi) is 5.78. The fourth-order valence-corrected chi connectivity index (χ4v) is 5.35. The zero-order valence-corrected chi connectivity index (χ0v) is 20.6. The summed E-state index contributed by atoms with van der Waals surface area (Å²) in [5.74, 6) is 0.975. The summed E-state index contributed by atoms with van der Waals surface area (Å²) in [4.78, 5) is 2.35.